The molecule has 1 atom stereocenters. The molecule has 1 heterocycles. The van der Waals surface area contributed by atoms with Crippen molar-refractivity contribution in [1.82, 2.24) is 10.2 Å². The van der Waals surface area contributed by atoms with E-state index in [0.717, 1.165) is 31.7 Å². The van der Waals surface area contributed by atoms with Crippen LogP contribution in [0.1, 0.15) is 31.2 Å². The predicted octanol–water partition coefficient (Wildman–Crippen LogP) is 3.48. The van der Waals surface area contributed by atoms with Crippen LogP contribution in [-0.2, 0) is 11.0 Å². The third-order valence-corrected chi connectivity index (χ3v) is 5.57. The van der Waals surface area contributed by atoms with Crippen LogP contribution in [-0.4, -0.2) is 37.0 Å². The van der Waals surface area contributed by atoms with Crippen molar-refractivity contribution in [2.75, 3.05) is 25.5 Å². The second-order valence-electron chi connectivity index (χ2n) is 7.09. The zero-order chi connectivity index (χ0) is 18.9. The molecule has 0 bridgehead atoms. The first-order valence-electron chi connectivity index (χ1n) is 8.70. The summed E-state index contributed by atoms with van der Waals surface area (Å²) in [7, 11) is 1.56. The van der Waals surface area contributed by atoms with Crippen LogP contribution in [0.3, 0.4) is 0 Å². The summed E-state index contributed by atoms with van der Waals surface area (Å²) < 4.78 is 39.3. The molecule has 1 saturated heterocycles. The lowest BCUT2D eigenvalue weighted by Crippen LogP contribution is -2.38. The van der Waals surface area contributed by atoms with Gasteiger partial charge in [0.25, 0.3) is 0 Å². The first kappa shape index (κ1) is 18.5. The Hall–Kier alpha value is -2.25. The fourth-order valence-corrected chi connectivity index (χ4v) is 4.28. The fourth-order valence-electron chi connectivity index (χ4n) is 4.28. The van der Waals surface area contributed by atoms with Crippen molar-refractivity contribution in [3.05, 3.63) is 29.8 Å². The molecular formula is C18H22F3N3O2. The molecule has 0 aromatic heterocycles. The van der Waals surface area contributed by atoms with Crippen LogP contribution in [0.25, 0.3) is 0 Å². The molecule has 1 aromatic carbocycles. The minimum atomic E-state index is -4.55. The summed E-state index contributed by atoms with van der Waals surface area (Å²) in [6, 6.07) is 4.30. The molecule has 1 saturated carbocycles. The van der Waals surface area contributed by atoms with E-state index in [4.69, 9.17) is 0 Å². The van der Waals surface area contributed by atoms with Gasteiger partial charge in [0.05, 0.1) is 17.2 Å². The highest BCUT2D eigenvalue weighted by atomic mass is 19.4. The van der Waals surface area contributed by atoms with E-state index in [1.807, 2.05) is 0 Å². The summed E-state index contributed by atoms with van der Waals surface area (Å²) in [6.45, 7) is 0.616. The summed E-state index contributed by atoms with van der Waals surface area (Å²) in [5.74, 6) is -0.434. The van der Waals surface area contributed by atoms with Gasteiger partial charge in [-0.1, -0.05) is 25.0 Å². The smallest absolute Gasteiger partial charge is 0.359 e. The Labute approximate surface area is 149 Å². The maximum atomic E-state index is 13.1. The molecule has 5 nitrogen and oxygen atoms in total. The normalized spacial score (nSPS) is 21.8. The number of carbonyl (C=O) groups excluding carboxylic acids is 2. The van der Waals surface area contributed by atoms with Crippen LogP contribution in [0.4, 0.5) is 23.7 Å². The standard InChI is InChI=1S/C18H22F3N3O2/c1-22-15(25)13-10-24(11-17(13)8-4-5-9-17)16(26)23-14-7-3-2-6-12(14)18(19,20)21/h2-3,6-7,13H,4-5,8-11H2,1H3,(H,22,25)(H,23,26). The molecule has 2 fully saturated rings. The number of alkyl halides is 3. The minimum absolute atomic E-state index is 0.113. The quantitative estimate of drug-likeness (QED) is 0.839. The molecule has 0 radical (unpaired) electrons. The van der Waals surface area contributed by atoms with Crippen molar-refractivity contribution < 1.29 is 22.8 Å². The number of benzene rings is 1. The maximum absolute atomic E-state index is 13.1. The largest absolute Gasteiger partial charge is 0.418 e. The fraction of sp³-hybridized carbons (Fsp3) is 0.556. The lowest BCUT2D eigenvalue weighted by Gasteiger charge is -2.28. The Morgan fingerprint density at radius 1 is 1.19 bits per heavy atom. The Balaban J connectivity index is 1.79. The van der Waals surface area contributed by atoms with E-state index >= 15 is 0 Å². The summed E-state index contributed by atoms with van der Waals surface area (Å²) >= 11 is 0. The molecule has 2 N–H and O–H groups in total. The first-order valence-corrected chi connectivity index (χ1v) is 8.70. The highest BCUT2D eigenvalue weighted by Crippen LogP contribution is 2.49. The van der Waals surface area contributed by atoms with Crippen molar-refractivity contribution in [2.45, 2.75) is 31.9 Å². The average Bonchev–Trinajstić information content (AvgIpc) is 3.22. The van der Waals surface area contributed by atoms with Crippen molar-refractivity contribution in [2.24, 2.45) is 11.3 Å². The molecular weight excluding hydrogens is 347 g/mol. The van der Waals surface area contributed by atoms with Crippen LogP contribution in [0, 0.1) is 11.3 Å². The van der Waals surface area contributed by atoms with Gasteiger partial charge >= 0.3 is 12.2 Å². The number of hydrogen-bond acceptors (Lipinski definition) is 2. The zero-order valence-electron chi connectivity index (χ0n) is 14.5. The number of nitrogens with zero attached hydrogens (tertiary/aromatic N) is 1. The van der Waals surface area contributed by atoms with E-state index in [1.54, 1.807) is 7.05 Å². The second-order valence-corrected chi connectivity index (χ2v) is 7.09. The number of nitrogens with one attached hydrogen (secondary N) is 2. The van der Waals surface area contributed by atoms with Crippen LogP contribution in [0.2, 0.25) is 0 Å². The van der Waals surface area contributed by atoms with Crippen LogP contribution >= 0.6 is 0 Å². The Morgan fingerprint density at radius 3 is 2.46 bits per heavy atom. The zero-order valence-corrected chi connectivity index (χ0v) is 14.5. The lowest BCUT2D eigenvalue weighted by molar-refractivity contribution is -0.137. The van der Waals surface area contributed by atoms with Crippen LogP contribution < -0.4 is 10.6 Å². The summed E-state index contributed by atoms with van der Waals surface area (Å²) in [5.41, 5.74) is -1.42. The second kappa shape index (κ2) is 6.81. The Bertz CT molecular complexity index is 699. The number of hydrogen-bond donors (Lipinski definition) is 2. The monoisotopic (exact) mass is 369 g/mol. The molecule has 3 rings (SSSR count). The van der Waals surface area contributed by atoms with E-state index in [9.17, 15) is 22.8 Å². The molecule has 2 aliphatic rings. The number of rotatable bonds is 2. The van der Waals surface area contributed by atoms with Gasteiger partial charge in [0.2, 0.25) is 5.91 Å². The number of halogens is 3. The molecule has 8 heteroatoms. The van der Waals surface area contributed by atoms with Gasteiger partial charge in [-0.25, -0.2) is 4.79 Å². The number of likely N-dealkylation sites (tertiary alicyclic amines) is 1. The molecule has 1 aliphatic carbocycles. The van der Waals surface area contributed by atoms with E-state index in [0.29, 0.717) is 6.54 Å². The number of amides is 3. The summed E-state index contributed by atoms with van der Waals surface area (Å²) in [5, 5.41) is 5.03. The minimum Gasteiger partial charge on any atom is -0.359 e. The SMILES string of the molecule is CNC(=O)C1CN(C(=O)Nc2ccccc2C(F)(F)F)CC12CCCC2. The maximum Gasteiger partial charge on any atom is 0.418 e. The average molecular weight is 369 g/mol. The van der Waals surface area contributed by atoms with Crippen molar-refractivity contribution in [3.63, 3.8) is 0 Å². The molecule has 26 heavy (non-hydrogen) atoms. The third kappa shape index (κ3) is 3.37. The number of urea groups is 1. The molecule has 1 aromatic rings. The van der Waals surface area contributed by atoms with Gasteiger partial charge in [0, 0.05) is 25.6 Å². The number of carbonyl (C=O) groups is 2. The van der Waals surface area contributed by atoms with Gasteiger partial charge < -0.3 is 15.5 Å². The van der Waals surface area contributed by atoms with E-state index < -0.39 is 17.8 Å². The van der Waals surface area contributed by atoms with Gasteiger partial charge in [-0.05, 0) is 25.0 Å². The van der Waals surface area contributed by atoms with Crippen molar-refractivity contribution >= 4 is 17.6 Å². The lowest BCUT2D eigenvalue weighted by atomic mass is 9.76. The third-order valence-electron chi connectivity index (χ3n) is 5.57. The van der Waals surface area contributed by atoms with Gasteiger partial charge in [-0.15, -0.1) is 0 Å². The molecule has 142 valence electrons. The highest BCUT2D eigenvalue weighted by molar-refractivity contribution is 5.91. The topological polar surface area (TPSA) is 61.4 Å². The van der Waals surface area contributed by atoms with E-state index in [1.165, 1.54) is 23.1 Å². The van der Waals surface area contributed by atoms with Crippen LogP contribution in [0.5, 0.6) is 0 Å². The van der Waals surface area contributed by atoms with Crippen molar-refractivity contribution in [3.8, 4) is 0 Å². The number of para-hydroxylation sites is 1. The molecule has 1 spiro atoms. The van der Waals surface area contributed by atoms with Gasteiger partial charge in [-0.2, -0.15) is 13.2 Å². The van der Waals surface area contributed by atoms with Gasteiger partial charge in [0.1, 0.15) is 0 Å². The molecule has 1 aliphatic heterocycles. The predicted molar refractivity (Wildman–Crippen MR) is 90.5 cm³/mol. The summed E-state index contributed by atoms with van der Waals surface area (Å²) in [6.07, 6.45) is -0.839. The van der Waals surface area contributed by atoms with E-state index in [-0.39, 0.29) is 29.5 Å². The van der Waals surface area contributed by atoms with Crippen LogP contribution in [0.15, 0.2) is 24.3 Å². The summed E-state index contributed by atoms with van der Waals surface area (Å²) in [4.78, 5) is 26.3. The molecule has 1 unspecified atom stereocenters. The molecule has 3 amide bonds. The first-order chi connectivity index (χ1) is 12.3. The van der Waals surface area contributed by atoms with Crippen molar-refractivity contribution in [1.29, 1.82) is 0 Å². The van der Waals surface area contributed by atoms with E-state index in [2.05, 4.69) is 10.6 Å². The van der Waals surface area contributed by atoms with Gasteiger partial charge in [-0.3, -0.25) is 4.79 Å². The Morgan fingerprint density at radius 2 is 1.85 bits per heavy atom. The number of anilines is 1. The Kier molecular flexibility index (Phi) is 4.86. The highest BCUT2D eigenvalue weighted by Gasteiger charge is 2.52. The van der Waals surface area contributed by atoms with Gasteiger partial charge in [0.15, 0.2) is 0 Å².